The van der Waals surface area contributed by atoms with Crippen LogP contribution in [0.3, 0.4) is 0 Å². The average Bonchev–Trinajstić information content (AvgIpc) is 2.49. The molecule has 0 spiro atoms. The first kappa shape index (κ1) is 16.5. The van der Waals surface area contributed by atoms with Crippen LogP contribution in [0.25, 0.3) is 0 Å². The minimum atomic E-state index is -0.0835. The molecule has 1 fully saturated rings. The van der Waals surface area contributed by atoms with Crippen LogP contribution in [0.1, 0.15) is 32.3 Å². The van der Waals surface area contributed by atoms with Crippen LogP contribution in [0, 0.1) is 5.92 Å². The highest BCUT2D eigenvalue weighted by Gasteiger charge is 2.24. The van der Waals surface area contributed by atoms with Gasteiger partial charge >= 0.3 is 0 Å². The van der Waals surface area contributed by atoms with Crippen LogP contribution in [0.4, 0.5) is 0 Å². The summed E-state index contributed by atoms with van der Waals surface area (Å²) in [5.74, 6) is 0.453. The lowest BCUT2D eigenvalue weighted by atomic mass is 10.0. The fraction of sp³-hybridized carbons (Fsp3) is 0.588. The third-order valence-corrected chi connectivity index (χ3v) is 5.49. The van der Waals surface area contributed by atoms with E-state index in [-0.39, 0.29) is 10.7 Å². The predicted molar refractivity (Wildman–Crippen MR) is 90.4 cm³/mol. The van der Waals surface area contributed by atoms with Gasteiger partial charge in [-0.15, -0.1) is 0 Å². The summed E-state index contributed by atoms with van der Waals surface area (Å²) >= 11 is 3.47. The molecule has 3 nitrogen and oxygen atoms in total. The van der Waals surface area contributed by atoms with Crippen molar-refractivity contribution in [3.63, 3.8) is 0 Å². The van der Waals surface area contributed by atoms with Gasteiger partial charge < -0.3 is 5.32 Å². The molecule has 2 rings (SSSR count). The summed E-state index contributed by atoms with van der Waals surface area (Å²) in [6, 6.07) is 10.9. The van der Waals surface area contributed by atoms with E-state index in [4.69, 9.17) is 0 Å². The van der Waals surface area contributed by atoms with Crippen molar-refractivity contribution < 1.29 is 4.79 Å². The molecule has 1 aliphatic rings. The topological polar surface area (TPSA) is 32.3 Å². The molecular formula is C17H25BrN2O. The second-order valence-corrected chi connectivity index (χ2v) is 7.18. The van der Waals surface area contributed by atoms with E-state index in [1.54, 1.807) is 0 Å². The summed E-state index contributed by atoms with van der Waals surface area (Å²) in [5.41, 5.74) is 1.36. The molecule has 1 N–H and O–H groups in total. The number of nitrogens with zero attached hydrogens (tertiary/aromatic N) is 1. The molecule has 21 heavy (non-hydrogen) atoms. The Balaban J connectivity index is 1.74. The van der Waals surface area contributed by atoms with Crippen LogP contribution in [0.5, 0.6) is 0 Å². The second kappa shape index (κ2) is 7.95. The molecule has 1 aliphatic heterocycles. The lowest BCUT2D eigenvalue weighted by molar-refractivity contribution is -0.122. The van der Waals surface area contributed by atoms with E-state index in [2.05, 4.69) is 70.3 Å². The lowest BCUT2D eigenvalue weighted by Gasteiger charge is -2.33. The number of likely N-dealkylation sites (tertiary alicyclic amines) is 1. The second-order valence-electron chi connectivity index (χ2n) is 6.19. The number of alkyl halides is 1. The van der Waals surface area contributed by atoms with Crippen molar-refractivity contribution in [2.45, 2.75) is 44.1 Å². The summed E-state index contributed by atoms with van der Waals surface area (Å²) in [7, 11) is 0. The van der Waals surface area contributed by atoms with Crippen LogP contribution in [0.15, 0.2) is 30.3 Å². The third-order valence-electron chi connectivity index (χ3n) is 4.02. The number of hydrogen-bond acceptors (Lipinski definition) is 2. The van der Waals surface area contributed by atoms with E-state index < -0.39 is 0 Å². The zero-order chi connectivity index (χ0) is 15.2. The number of nitrogens with one attached hydrogen (secondary N) is 1. The fourth-order valence-electron chi connectivity index (χ4n) is 2.66. The van der Waals surface area contributed by atoms with Gasteiger partial charge in [-0.2, -0.15) is 0 Å². The van der Waals surface area contributed by atoms with Crippen molar-refractivity contribution >= 4 is 21.8 Å². The van der Waals surface area contributed by atoms with Crippen LogP contribution in [0.2, 0.25) is 0 Å². The Morgan fingerprint density at radius 2 is 1.90 bits per heavy atom. The van der Waals surface area contributed by atoms with E-state index in [1.807, 2.05) is 0 Å². The molecule has 0 aromatic heterocycles. The SMILES string of the molecule is CC(C)C(Br)C(=O)NC1CCN(Cc2ccccc2)CC1. The number of carbonyl (C=O) groups excluding carboxylic acids is 1. The highest BCUT2D eigenvalue weighted by atomic mass is 79.9. The van der Waals surface area contributed by atoms with Crippen molar-refractivity contribution in [3.05, 3.63) is 35.9 Å². The first-order valence-corrected chi connectivity index (χ1v) is 8.68. The highest BCUT2D eigenvalue weighted by Crippen LogP contribution is 2.16. The molecule has 116 valence electrons. The summed E-state index contributed by atoms with van der Waals surface area (Å²) in [5, 5.41) is 3.17. The number of carbonyl (C=O) groups is 1. The molecule has 1 saturated heterocycles. The monoisotopic (exact) mass is 352 g/mol. The van der Waals surface area contributed by atoms with Gasteiger partial charge in [0.1, 0.15) is 0 Å². The van der Waals surface area contributed by atoms with E-state index in [0.717, 1.165) is 32.5 Å². The van der Waals surface area contributed by atoms with Crippen molar-refractivity contribution in [3.8, 4) is 0 Å². The van der Waals surface area contributed by atoms with Crippen molar-refractivity contribution in [2.75, 3.05) is 13.1 Å². The smallest absolute Gasteiger partial charge is 0.234 e. The molecule has 1 unspecified atom stereocenters. The highest BCUT2D eigenvalue weighted by molar-refractivity contribution is 9.10. The third kappa shape index (κ3) is 5.11. The zero-order valence-electron chi connectivity index (χ0n) is 12.9. The molecular weight excluding hydrogens is 328 g/mol. The largest absolute Gasteiger partial charge is 0.352 e. The fourth-order valence-corrected chi connectivity index (χ4v) is 2.79. The summed E-state index contributed by atoms with van der Waals surface area (Å²) in [6.45, 7) is 7.22. The Morgan fingerprint density at radius 1 is 1.29 bits per heavy atom. The Bertz CT molecular complexity index is 441. The van der Waals surface area contributed by atoms with E-state index in [9.17, 15) is 4.79 Å². The Hall–Kier alpha value is -0.870. The number of amides is 1. The molecule has 1 amide bonds. The van der Waals surface area contributed by atoms with Crippen molar-refractivity contribution in [1.29, 1.82) is 0 Å². The number of piperidine rings is 1. The first-order chi connectivity index (χ1) is 10.1. The molecule has 0 aliphatic carbocycles. The molecule has 1 aromatic carbocycles. The Kier molecular flexibility index (Phi) is 6.24. The van der Waals surface area contributed by atoms with Gasteiger partial charge in [-0.05, 0) is 24.3 Å². The van der Waals surface area contributed by atoms with Gasteiger partial charge in [-0.25, -0.2) is 0 Å². The summed E-state index contributed by atoms with van der Waals surface area (Å²) in [4.78, 5) is 14.4. The van der Waals surface area contributed by atoms with Crippen LogP contribution >= 0.6 is 15.9 Å². The first-order valence-electron chi connectivity index (χ1n) is 7.77. The summed E-state index contributed by atoms with van der Waals surface area (Å²) in [6.07, 6.45) is 2.08. The minimum absolute atomic E-state index is 0.0835. The van der Waals surface area contributed by atoms with Crippen LogP contribution in [-0.2, 0) is 11.3 Å². The van der Waals surface area contributed by atoms with Crippen LogP contribution in [-0.4, -0.2) is 34.8 Å². The van der Waals surface area contributed by atoms with Crippen LogP contribution < -0.4 is 5.32 Å². The van der Waals surface area contributed by atoms with Gasteiger partial charge in [0, 0.05) is 25.7 Å². The minimum Gasteiger partial charge on any atom is -0.352 e. The van der Waals surface area contributed by atoms with Gasteiger partial charge in [0.2, 0.25) is 5.91 Å². The maximum Gasteiger partial charge on any atom is 0.234 e. The number of benzene rings is 1. The van der Waals surface area contributed by atoms with E-state index in [0.29, 0.717) is 12.0 Å². The zero-order valence-corrected chi connectivity index (χ0v) is 14.5. The quantitative estimate of drug-likeness (QED) is 0.825. The number of hydrogen-bond donors (Lipinski definition) is 1. The molecule has 1 heterocycles. The average molecular weight is 353 g/mol. The molecule has 1 aromatic rings. The van der Waals surface area contributed by atoms with Crippen molar-refractivity contribution in [2.24, 2.45) is 5.92 Å². The lowest BCUT2D eigenvalue weighted by Crippen LogP contribution is -2.47. The molecule has 0 saturated carbocycles. The Morgan fingerprint density at radius 3 is 2.48 bits per heavy atom. The predicted octanol–water partition coefficient (Wildman–Crippen LogP) is 3.19. The Labute approximate surface area is 136 Å². The van der Waals surface area contributed by atoms with Crippen molar-refractivity contribution in [1.82, 2.24) is 10.2 Å². The maximum atomic E-state index is 12.1. The standard InChI is InChI=1S/C17H25BrN2O/c1-13(2)16(18)17(21)19-15-8-10-20(11-9-15)12-14-6-4-3-5-7-14/h3-7,13,15-16H,8-12H2,1-2H3,(H,19,21). The molecule has 1 atom stereocenters. The van der Waals surface area contributed by atoms with Gasteiger partial charge in [-0.1, -0.05) is 60.1 Å². The molecule has 0 bridgehead atoms. The number of rotatable bonds is 5. The normalized spacial score (nSPS) is 18.7. The molecule has 4 heteroatoms. The van der Waals surface area contributed by atoms with E-state index >= 15 is 0 Å². The van der Waals surface area contributed by atoms with Gasteiger partial charge in [0.05, 0.1) is 4.83 Å². The van der Waals surface area contributed by atoms with E-state index in [1.165, 1.54) is 5.56 Å². The van der Waals surface area contributed by atoms with Gasteiger partial charge in [0.15, 0.2) is 0 Å². The van der Waals surface area contributed by atoms with Gasteiger partial charge in [0.25, 0.3) is 0 Å². The maximum absolute atomic E-state index is 12.1. The summed E-state index contributed by atoms with van der Waals surface area (Å²) < 4.78 is 0. The number of halogens is 1. The molecule has 0 radical (unpaired) electrons. The van der Waals surface area contributed by atoms with Gasteiger partial charge in [-0.3, -0.25) is 9.69 Å².